The quantitative estimate of drug-likeness (QED) is 0.520. The van der Waals surface area contributed by atoms with Gasteiger partial charge in [0.2, 0.25) is 11.7 Å². The summed E-state index contributed by atoms with van der Waals surface area (Å²) < 4.78 is 38.9. The average molecular weight is 399 g/mol. The van der Waals surface area contributed by atoms with E-state index < -0.39 is 17.9 Å². The molecular formula is C16H10ClF3N4OS. The van der Waals surface area contributed by atoms with Crippen molar-refractivity contribution in [2.75, 3.05) is 11.1 Å². The third-order valence-electron chi connectivity index (χ3n) is 3.16. The molecule has 1 aromatic carbocycles. The summed E-state index contributed by atoms with van der Waals surface area (Å²) in [5.74, 6) is -1.51. The Bertz CT molecular complexity index is 950. The molecule has 0 aliphatic heterocycles. The van der Waals surface area contributed by atoms with E-state index in [0.717, 1.165) is 11.8 Å². The third-order valence-corrected chi connectivity index (χ3v) is 4.37. The number of hydrogen-bond acceptors (Lipinski definition) is 5. The van der Waals surface area contributed by atoms with Gasteiger partial charge in [-0.1, -0.05) is 41.6 Å². The fraction of sp³-hybridized carbons (Fsp3) is 0.125. The highest BCUT2D eigenvalue weighted by atomic mass is 35.5. The Morgan fingerprint density at radius 3 is 2.62 bits per heavy atom. The Balaban J connectivity index is 1.79. The van der Waals surface area contributed by atoms with Gasteiger partial charge in [0.15, 0.2) is 0 Å². The maximum Gasteiger partial charge on any atom is 0.451 e. The molecule has 0 unspecified atom stereocenters. The molecule has 0 atom stereocenters. The van der Waals surface area contributed by atoms with E-state index in [4.69, 9.17) is 11.6 Å². The zero-order valence-electron chi connectivity index (χ0n) is 12.9. The van der Waals surface area contributed by atoms with Crippen molar-refractivity contribution >= 4 is 46.0 Å². The van der Waals surface area contributed by atoms with Crippen molar-refractivity contribution in [1.82, 2.24) is 15.0 Å². The molecule has 1 amide bonds. The monoisotopic (exact) mass is 398 g/mol. The summed E-state index contributed by atoms with van der Waals surface area (Å²) in [6.45, 7) is 0. The van der Waals surface area contributed by atoms with Crippen LogP contribution in [0.15, 0.2) is 47.6 Å². The lowest BCUT2D eigenvalue weighted by molar-refractivity contribution is -0.145. The number of hydrogen-bond donors (Lipinski definition) is 1. The Labute approximate surface area is 155 Å². The van der Waals surface area contributed by atoms with Crippen molar-refractivity contribution in [2.24, 2.45) is 0 Å². The molecule has 0 fully saturated rings. The second-order valence-corrected chi connectivity index (χ2v) is 6.47. The molecule has 5 nitrogen and oxygen atoms in total. The highest BCUT2D eigenvalue weighted by molar-refractivity contribution is 8.00. The minimum Gasteiger partial charge on any atom is -0.310 e. The molecule has 0 aliphatic rings. The summed E-state index contributed by atoms with van der Waals surface area (Å²) in [4.78, 5) is 23.1. The summed E-state index contributed by atoms with van der Waals surface area (Å²) in [5.41, 5.74) is 0.164. The maximum atomic E-state index is 13.0. The van der Waals surface area contributed by atoms with Gasteiger partial charge in [-0.25, -0.2) is 15.0 Å². The number of pyridine rings is 1. The van der Waals surface area contributed by atoms with Gasteiger partial charge in [-0.05, 0) is 18.2 Å². The molecule has 3 aromatic rings. The number of para-hydroxylation sites is 1. The Morgan fingerprint density at radius 1 is 1.15 bits per heavy atom. The van der Waals surface area contributed by atoms with Crippen LogP contribution in [0.25, 0.3) is 10.9 Å². The Hall–Kier alpha value is -2.39. The van der Waals surface area contributed by atoms with E-state index in [9.17, 15) is 18.0 Å². The topological polar surface area (TPSA) is 67.8 Å². The minimum atomic E-state index is -4.67. The normalized spacial score (nSPS) is 11.5. The fourth-order valence-corrected chi connectivity index (χ4v) is 2.98. The van der Waals surface area contributed by atoms with Crippen LogP contribution in [-0.2, 0) is 11.0 Å². The van der Waals surface area contributed by atoms with Gasteiger partial charge in [-0.3, -0.25) is 4.79 Å². The number of carbonyl (C=O) groups excluding carboxylic acids is 1. The van der Waals surface area contributed by atoms with Gasteiger partial charge in [0.05, 0.1) is 16.3 Å². The number of anilines is 1. The van der Waals surface area contributed by atoms with Gasteiger partial charge in [-0.2, -0.15) is 13.2 Å². The van der Waals surface area contributed by atoms with Gasteiger partial charge in [0, 0.05) is 11.6 Å². The number of halogens is 4. The predicted octanol–water partition coefficient (Wildman–Crippen LogP) is 4.43. The molecule has 0 saturated heterocycles. The molecule has 134 valence electrons. The number of carbonyl (C=O) groups is 1. The standard InChI is InChI=1S/C16H10ClF3N4OS/c17-9-5-6-12(21-7-9)23-13(25)8-26-14-10-3-1-2-4-11(10)22-15(24-14)16(18,19)20/h1-7H,8H2,(H,21,23,25). The van der Waals surface area contributed by atoms with Crippen LogP contribution in [0.1, 0.15) is 5.82 Å². The van der Waals surface area contributed by atoms with Crippen LogP contribution in [0.5, 0.6) is 0 Å². The van der Waals surface area contributed by atoms with E-state index in [-0.39, 0.29) is 16.3 Å². The fourth-order valence-electron chi connectivity index (χ4n) is 2.05. The first-order valence-electron chi connectivity index (χ1n) is 7.21. The van der Waals surface area contributed by atoms with Crippen LogP contribution in [0.4, 0.5) is 19.0 Å². The maximum absolute atomic E-state index is 13.0. The number of alkyl halides is 3. The summed E-state index contributed by atoms with van der Waals surface area (Å²) in [7, 11) is 0. The van der Waals surface area contributed by atoms with E-state index in [1.807, 2.05) is 0 Å². The molecule has 2 heterocycles. The molecule has 3 rings (SSSR count). The van der Waals surface area contributed by atoms with Crippen LogP contribution in [-0.4, -0.2) is 26.6 Å². The lowest BCUT2D eigenvalue weighted by atomic mass is 10.2. The number of rotatable bonds is 4. The molecule has 0 spiro atoms. The zero-order chi connectivity index (χ0) is 18.7. The number of nitrogens with zero attached hydrogens (tertiary/aromatic N) is 3. The second-order valence-electron chi connectivity index (χ2n) is 5.07. The number of benzene rings is 1. The van der Waals surface area contributed by atoms with Crippen molar-refractivity contribution in [1.29, 1.82) is 0 Å². The van der Waals surface area contributed by atoms with Gasteiger partial charge in [-0.15, -0.1) is 0 Å². The van der Waals surface area contributed by atoms with Crippen molar-refractivity contribution in [3.8, 4) is 0 Å². The lowest BCUT2D eigenvalue weighted by Gasteiger charge is -2.10. The van der Waals surface area contributed by atoms with Crippen molar-refractivity contribution < 1.29 is 18.0 Å². The SMILES string of the molecule is O=C(CSc1nc(C(F)(F)F)nc2ccccc12)Nc1ccc(Cl)cn1. The first-order chi connectivity index (χ1) is 12.3. The first-order valence-corrected chi connectivity index (χ1v) is 8.57. The highest BCUT2D eigenvalue weighted by Crippen LogP contribution is 2.32. The molecule has 0 bridgehead atoms. The van der Waals surface area contributed by atoms with Crippen LogP contribution in [0.3, 0.4) is 0 Å². The number of amides is 1. The van der Waals surface area contributed by atoms with Crippen molar-refractivity contribution in [3.63, 3.8) is 0 Å². The molecule has 10 heteroatoms. The van der Waals surface area contributed by atoms with Gasteiger partial charge < -0.3 is 5.32 Å². The number of aromatic nitrogens is 3. The number of thioether (sulfide) groups is 1. The van der Waals surface area contributed by atoms with E-state index in [1.165, 1.54) is 18.3 Å². The molecule has 26 heavy (non-hydrogen) atoms. The molecule has 0 saturated carbocycles. The number of fused-ring (bicyclic) bond motifs is 1. The molecule has 0 aliphatic carbocycles. The van der Waals surface area contributed by atoms with Gasteiger partial charge >= 0.3 is 6.18 Å². The molecule has 2 aromatic heterocycles. The van der Waals surface area contributed by atoms with E-state index in [0.29, 0.717) is 16.2 Å². The number of nitrogens with one attached hydrogen (secondary N) is 1. The Morgan fingerprint density at radius 2 is 1.92 bits per heavy atom. The Kier molecular flexibility index (Phi) is 5.28. The van der Waals surface area contributed by atoms with E-state index in [2.05, 4.69) is 20.3 Å². The first kappa shape index (κ1) is 18.4. The summed E-state index contributed by atoms with van der Waals surface area (Å²) in [6.07, 6.45) is -3.30. The summed E-state index contributed by atoms with van der Waals surface area (Å²) >= 11 is 6.60. The van der Waals surface area contributed by atoms with Gasteiger partial charge in [0.1, 0.15) is 10.8 Å². The second kappa shape index (κ2) is 7.46. The summed E-state index contributed by atoms with van der Waals surface area (Å²) in [5, 5.41) is 3.49. The smallest absolute Gasteiger partial charge is 0.310 e. The molecular weight excluding hydrogens is 389 g/mol. The highest BCUT2D eigenvalue weighted by Gasteiger charge is 2.35. The van der Waals surface area contributed by atoms with E-state index >= 15 is 0 Å². The largest absolute Gasteiger partial charge is 0.451 e. The summed E-state index contributed by atoms with van der Waals surface area (Å²) in [6, 6.07) is 9.41. The van der Waals surface area contributed by atoms with Crippen LogP contribution in [0, 0.1) is 0 Å². The average Bonchev–Trinajstić information content (AvgIpc) is 2.60. The van der Waals surface area contributed by atoms with Crippen molar-refractivity contribution in [3.05, 3.63) is 53.4 Å². The van der Waals surface area contributed by atoms with Crippen LogP contribution in [0.2, 0.25) is 5.02 Å². The van der Waals surface area contributed by atoms with Crippen LogP contribution < -0.4 is 5.32 Å². The molecule has 1 N–H and O–H groups in total. The van der Waals surface area contributed by atoms with Crippen LogP contribution >= 0.6 is 23.4 Å². The minimum absolute atomic E-state index is 0.0853. The lowest BCUT2D eigenvalue weighted by Crippen LogP contribution is -2.16. The van der Waals surface area contributed by atoms with Gasteiger partial charge in [0.25, 0.3) is 0 Å². The zero-order valence-corrected chi connectivity index (χ0v) is 14.5. The third kappa shape index (κ3) is 4.41. The molecule has 0 radical (unpaired) electrons. The van der Waals surface area contributed by atoms with Crippen molar-refractivity contribution in [2.45, 2.75) is 11.2 Å². The predicted molar refractivity (Wildman–Crippen MR) is 93.1 cm³/mol. The van der Waals surface area contributed by atoms with E-state index in [1.54, 1.807) is 24.3 Å².